The smallest absolute Gasteiger partial charge is 0.315 e. The van der Waals surface area contributed by atoms with Gasteiger partial charge in [0.1, 0.15) is 18.0 Å². The molecule has 7 rings (SSSR count). The summed E-state index contributed by atoms with van der Waals surface area (Å²) in [6, 6.07) is 23.2. The third-order valence-corrected chi connectivity index (χ3v) is 10.0. The molecule has 286 valence electrons. The number of amides is 4. The Balaban J connectivity index is 1.09. The van der Waals surface area contributed by atoms with Gasteiger partial charge in [-0.25, -0.2) is 24.7 Å². The first-order valence-corrected chi connectivity index (χ1v) is 18.5. The van der Waals surface area contributed by atoms with Crippen molar-refractivity contribution in [2.75, 3.05) is 36.4 Å². The quantitative estimate of drug-likeness (QED) is 0.0869. The summed E-state index contributed by atoms with van der Waals surface area (Å²) in [5.74, 6) is 0.160. The molecule has 7 N–H and O–H groups in total. The molecule has 4 amide bonds. The predicted molar refractivity (Wildman–Crippen MR) is 205 cm³/mol. The van der Waals surface area contributed by atoms with Crippen molar-refractivity contribution >= 4 is 40.6 Å². The van der Waals surface area contributed by atoms with Crippen LogP contribution in [0.1, 0.15) is 60.0 Å². The lowest BCUT2D eigenvalue weighted by Gasteiger charge is -2.21. The van der Waals surface area contributed by atoms with E-state index >= 15 is 0 Å². The molecule has 1 saturated heterocycles. The highest BCUT2D eigenvalue weighted by Crippen LogP contribution is 2.35. The third kappa shape index (κ3) is 8.50. The first-order chi connectivity index (χ1) is 26.8. The van der Waals surface area contributed by atoms with E-state index in [9.17, 15) is 24.6 Å². The summed E-state index contributed by atoms with van der Waals surface area (Å²) in [6.45, 7) is 3.40. The topological polar surface area (TPSA) is 212 Å². The van der Waals surface area contributed by atoms with E-state index in [2.05, 4.69) is 51.4 Å². The lowest BCUT2D eigenvalue weighted by Crippen LogP contribution is -2.45. The third-order valence-electron chi connectivity index (χ3n) is 10.0. The molecule has 0 spiro atoms. The molecule has 3 aromatic heterocycles. The zero-order valence-electron chi connectivity index (χ0n) is 30.4. The molecule has 1 aliphatic heterocycles. The lowest BCUT2D eigenvalue weighted by molar-refractivity contribution is -0.122. The lowest BCUT2D eigenvalue weighted by atomic mass is 9.99. The number of aliphatic hydroxyl groups excluding tert-OH is 2. The van der Waals surface area contributed by atoms with Gasteiger partial charge in [0.05, 0.1) is 24.5 Å². The number of nitrogens with zero attached hydrogens (tertiary/aromatic N) is 6. The molecule has 1 aliphatic carbocycles. The van der Waals surface area contributed by atoms with Crippen LogP contribution in [0.15, 0.2) is 91.4 Å². The van der Waals surface area contributed by atoms with Gasteiger partial charge in [-0.15, -0.1) is 0 Å². The molecular formula is C39H45N11O5. The zero-order valence-corrected chi connectivity index (χ0v) is 30.4. The van der Waals surface area contributed by atoms with E-state index in [1.165, 1.54) is 6.33 Å². The average molecular weight is 748 g/mol. The normalized spacial score (nSPS) is 20.7. The summed E-state index contributed by atoms with van der Waals surface area (Å²) in [4.78, 5) is 59.0. The minimum absolute atomic E-state index is 0.0409. The number of carbonyl (C=O) groups is 3. The molecule has 2 aliphatic rings. The van der Waals surface area contributed by atoms with Crippen LogP contribution >= 0.6 is 0 Å². The Labute approximate surface area is 317 Å². The number of nitrogens with one attached hydrogen (secondary N) is 5. The van der Waals surface area contributed by atoms with Crippen molar-refractivity contribution in [1.82, 2.24) is 45.8 Å². The molecule has 4 heterocycles. The number of hydrogen-bond donors (Lipinski definition) is 7. The fourth-order valence-corrected chi connectivity index (χ4v) is 7.18. The number of aliphatic hydroxyl groups is 2. The summed E-state index contributed by atoms with van der Waals surface area (Å²) < 4.78 is 1.62. The molecule has 1 saturated carbocycles. The Hall–Kier alpha value is -6.13. The van der Waals surface area contributed by atoms with Crippen molar-refractivity contribution < 1.29 is 24.6 Å². The highest BCUT2D eigenvalue weighted by atomic mass is 16.3. The first kappa shape index (κ1) is 37.2. The van der Waals surface area contributed by atoms with Crippen molar-refractivity contribution in [3.05, 3.63) is 108 Å². The fourth-order valence-electron chi connectivity index (χ4n) is 7.18. The number of benzene rings is 2. The molecule has 16 nitrogen and oxygen atoms in total. The maximum atomic E-state index is 13.7. The first-order valence-electron chi connectivity index (χ1n) is 18.5. The molecule has 2 fully saturated rings. The van der Waals surface area contributed by atoms with Crippen molar-refractivity contribution in [2.24, 2.45) is 0 Å². The Kier molecular flexibility index (Phi) is 11.4. The van der Waals surface area contributed by atoms with Gasteiger partial charge in [0, 0.05) is 44.8 Å². The molecular weight excluding hydrogens is 703 g/mol. The zero-order chi connectivity index (χ0) is 38.3. The molecule has 5 aromatic rings. The number of fused-ring (bicyclic) bond motifs is 1. The van der Waals surface area contributed by atoms with Crippen LogP contribution in [0.3, 0.4) is 0 Å². The number of aromatic nitrogens is 5. The van der Waals surface area contributed by atoms with Gasteiger partial charge in [0.25, 0.3) is 5.91 Å². The van der Waals surface area contributed by atoms with Crippen LogP contribution in [-0.4, -0.2) is 103 Å². The Bertz CT molecular complexity index is 2050. The Morgan fingerprint density at radius 2 is 1.56 bits per heavy atom. The molecule has 5 atom stereocenters. The van der Waals surface area contributed by atoms with Gasteiger partial charge in [-0.2, -0.15) is 0 Å². The van der Waals surface area contributed by atoms with Crippen LogP contribution in [0.2, 0.25) is 0 Å². The standard InChI is InChI=1S/C39H45N11O5/c1-2-30(51)45-27-21-28(34(53)33(27)52)50-23-43-32-35(46-31(24-11-5-3-6-12-24)25-13-7-4-8-14-25)47-36(48-37(32)50)38(54)41-18-19-42-39(55)44-26-16-20-49(22-26)29-15-9-10-17-40-29/h3-15,17,23,26-28,31,33-34,52-53H,2,16,18-22H2,1H3,(H,41,54)(H,45,51)(H2,42,44,55)(H,46,47,48)/t26?,27-,28+,33+,34-/m0/s1. The summed E-state index contributed by atoms with van der Waals surface area (Å²) >= 11 is 0. The van der Waals surface area contributed by atoms with E-state index in [-0.39, 0.29) is 67.2 Å². The van der Waals surface area contributed by atoms with E-state index in [1.807, 2.05) is 78.9 Å². The Morgan fingerprint density at radius 1 is 0.855 bits per heavy atom. The van der Waals surface area contributed by atoms with Gasteiger partial charge in [-0.1, -0.05) is 73.7 Å². The van der Waals surface area contributed by atoms with Gasteiger partial charge in [-0.3, -0.25) is 9.59 Å². The number of anilines is 2. The SMILES string of the molecule is CCC(=O)N[C@H]1C[C@@H](n2cnc3c(NC(c4ccccc4)c4ccccc4)nc(C(=O)NCCNC(=O)NC4CCN(c5ccccn5)C4)nc32)[C@H](O)[C@@H]1O. The number of pyridine rings is 1. The molecule has 55 heavy (non-hydrogen) atoms. The highest BCUT2D eigenvalue weighted by molar-refractivity contribution is 5.94. The Morgan fingerprint density at radius 3 is 2.25 bits per heavy atom. The molecule has 0 bridgehead atoms. The van der Waals surface area contributed by atoms with E-state index in [1.54, 1.807) is 17.7 Å². The molecule has 16 heteroatoms. The van der Waals surface area contributed by atoms with Crippen LogP contribution in [0, 0.1) is 0 Å². The minimum Gasteiger partial charge on any atom is -0.388 e. The monoisotopic (exact) mass is 747 g/mol. The van der Waals surface area contributed by atoms with Crippen molar-refractivity contribution in [3.8, 4) is 0 Å². The maximum absolute atomic E-state index is 13.7. The summed E-state index contributed by atoms with van der Waals surface area (Å²) in [7, 11) is 0. The van der Waals surface area contributed by atoms with Crippen LogP contribution < -0.4 is 31.5 Å². The number of rotatable bonds is 13. The van der Waals surface area contributed by atoms with Crippen LogP contribution in [0.4, 0.5) is 16.4 Å². The van der Waals surface area contributed by atoms with Crippen LogP contribution in [0.5, 0.6) is 0 Å². The minimum atomic E-state index is -1.25. The van der Waals surface area contributed by atoms with Crippen molar-refractivity contribution in [3.63, 3.8) is 0 Å². The summed E-state index contributed by atoms with van der Waals surface area (Å²) in [5.41, 5.74) is 2.50. The van der Waals surface area contributed by atoms with E-state index in [0.717, 1.165) is 29.9 Å². The molecule has 2 aromatic carbocycles. The number of urea groups is 1. The second kappa shape index (κ2) is 16.9. The van der Waals surface area contributed by atoms with E-state index in [0.29, 0.717) is 12.1 Å². The van der Waals surface area contributed by atoms with Crippen LogP contribution in [-0.2, 0) is 4.79 Å². The molecule has 1 unspecified atom stereocenters. The van der Waals surface area contributed by atoms with Gasteiger partial charge >= 0.3 is 6.03 Å². The van der Waals surface area contributed by atoms with Gasteiger partial charge in [-0.05, 0) is 36.1 Å². The predicted octanol–water partition coefficient (Wildman–Crippen LogP) is 2.29. The fraction of sp³-hybridized carbons (Fsp3) is 0.359. The van der Waals surface area contributed by atoms with Crippen molar-refractivity contribution in [2.45, 2.75) is 62.6 Å². The largest absolute Gasteiger partial charge is 0.388 e. The maximum Gasteiger partial charge on any atom is 0.315 e. The average Bonchev–Trinajstić information content (AvgIpc) is 3.94. The summed E-state index contributed by atoms with van der Waals surface area (Å²) in [6.07, 6.45) is 2.00. The van der Waals surface area contributed by atoms with Gasteiger partial charge in [0.15, 0.2) is 17.0 Å². The van der Waals surface area contributed by atoms with Gasteiger partial charge < -0.3 is 46.3 Å². The van der Waals surface area contributed by atoms with E-state index < -0.39 is 30.2 Å². The second-order valence-corrected chi connectivity index (χ2v) is 13.7. The van der Waals surface area contributed by atoms with Gasteiger partial charge in [0.2, 0.25) is 11.7 Å². The van der Waals surface area contributed by atoms with Crippen LogP contribution in [0.25, 0.3) is 11.2 Å². The number of carbonyl (C=O) groups excluding carboxylic acids is 3. The number of imidazole rings is 1. The van der Waals surface area contributed by atoms with Crippen molar-refractivity contribution in [1.29, 1.82) is 0 Å². The second-order valence-electron chi connectivity index (χ2n) is 13.7. The highest BCUT2D eigenvalue weighted by Gasteiger charge is 2.44. The summed E-state index contributed by atoms with van der Waals surface area (Å²) in [5, 5.41) is 36.9. The number of hydrogen-bond acceptors (Lipinski definition) is 11. The van der Waals surface area contributed by atoms with E-state index in [4.69, 9.17) is 0 Å². The molecule has 0 radical (unpaired) electrons.